The van der Waals surface area contributed by atoms with Crippen LogP contribution < -0.4 is 0 Å². The van der Waals surface area contributed by atoms with E-state index in [-0.39, 0.29) is 0 Å². The molecule has 0 unspecified atom stereocenters. The van der Waals surface area contributed by atoms with Crippen LogP contribution in [-0.2, 0) is 12.8 Å². The van der Waals surface area contributed by atoms with E-state index in [4.69, 9.17) is 0 Å². The molecule has 0 spiro atoms. The van der Waals surface area contributed by atoms with Crippen LogP contribution in [0.4, 0.5) is 0 Å². The van der Waals surface area contributed by atoms with Gasteiger partial charge in [0.05, 0.1) is 0 Å². The first-order valence-electron chi connectivity index (χ1n) is 4.92. The van der Waals surface area contributed by atoms with Crippen LogP contribution in [0.3, 0.4) is 0 Å². The number of aryl methyl sites for hydroxylation is 1. The zero-order valence-corrected chi connectivity index (χ0v) is 10.4. The molecule has 0 fully saturated rings. The Kier molecular flexibility index (Phi) is 5.41. The number of hydrogen-bond acceptors (Lipinski definition) is 3. The Morgan fingerprint density at radius 3 is 2.71 bits per heavy atom. The molecule has 1 aromatic rings. The molecule has 1 nitrogen and oxygen atoms in total. The lowest BCUT2D eigenvalue weighted by Gasteiger charge is -2.05. The first-order chi connectivity index (χ1) is 6.72. The van der Waals surface area contributed by atoms with E-state index < -0.39 is 0 Å². The highest BCUT2D eigenvalue weighted by Gasteiger charge is 1.99. The molecule has 0 aliphatic carbocycles. The summed E-state index contributed by atoms with van der Waals surface area (Å²) in [6, 6.07) is 4.31. The second-order valence-corrected chi connectivity index (χ2v) is 5.28. The van der Waals surface area contributed by atoms with Crippen molar-refractivity contribution in [2.75, 3.05) is 5.75 Å². The molecule has 0 saturated carbocycles. The quantitative estimate of drug-likeness (QED) is 0.611. The average Bonchev–Trinajstić information content (AvgIpc) is 2.16. The second kappa shape index (κ2) is 6.36. The fraction of sp³-hybridized carbons (Fsp3) is 0.545. The molecule has 3 heteroatoms. The van der Waals surface area contributed by atoms with E-state index in [1.165, 1.54) is 11.3 Å². The molecule has 0 N–H and O–H groups in total. The van der Waals surface area contributed by atoms with Gasteiger partial charge in [-0.3, -0.25) is 4.98 Å². The third-order valence-electron chi connectivity index (χ3n) is 1.98. The average molecular weight is 227 g/mol. The molecule has 0 aliphatic rings. The Labute approximate surface area is 95.5 Å². The van der Waals surface area contributed by atoms with Gasteiger partial charge in [-0.2, -0.15) is 0 Å². The molecule has 0 aromatic carbocycles. The summed E-state index contributed by atoms with van der Waals surface area (Å²) in [5, 5.41) is 0. The molecule has 0 bridgehead atoms. The lowest BCUT2D eigenvalue weighted by Crippen LogP contribution is -1.97. The minimum absolute atomic E-state index is 0.704. The Hall–Kier alpha value is -0.150. The van der Waals surface area contributed by atoms with E-state index in [0.29, 0.717) is 5.92 Å². The summed E-state index contributed by atoms with van der Waals surface area (Å²) in [4.78, 5) is 4.42. The van der Waals surface area contributed by atoms with Gasteiger partial charge in [0.25, 0.3) is 0 Å². The van der Waals surface area contributed by atoms with Crippen LogP contribution in [-0.4, -0.2) is 10.7 Å². The van der Waals surface area contributed by atoms with Crippen molar-refractivity contribution in [3.8, 4) is 0 Å². The number of hydrogen-bond donors (Lipinski definition) is 1. The Bertz CT molecular complexity index is 256. The van der Waals surface area contributed by atoms with Gasteiger partial charge in [0.1, 0.15) is 0 Å². The van der Waals surface area contributed by atoms with Gasteiger partial charge in [-0.1, -0.05) is 30.7 Å². The predicted octanol–water partition coefficient (Wildman–Crippen LogP) is 3.40. The predicted molar refractivity (Wildman–Crippen MR) is 67.9 cm³/mol. The molecule has 0 atom stereocenters. The summed E-state index contributed by atoms with van der Waals surface area (Å²) >= 11 is 4.11. The molecule has 14 heavy (non-hydrogen) atoms. The molecule has 1 aromatic heterocycles. The zero-order chi connectivity index (χ0) is 10.4. The standard InChI is InChI=1S/C11H17NS2/c1-9(2)7-10-3-4-11(12-8-10)5-6-14-13/h3-4,8-9,13H,5-7H2,1-2H3. The van der Waals surface area contributed by atoms with Crippen LogP contribution >= 0.6 is 22.5 Å². The summed E-state index contributed by atoms with van der Waals surface area (Å²) in [6.07, 6.45) is 4.13. The maximum Gasteiger partial charge on any atom is 0.0412 e. The minimum atomic E-state index is 0.704. The van der Waals surface area contributed by atoms with E-state index >= 15 is 0 Å². The van der Waals surface area contributed by atoms with Crippen molar-refractivity contribution in [1.29, 1.82) is 0 Å². The summed E-state index contributed by atoms with van der Waals surface area (Å²) in [5.74, 6) is 1.73. The smallest absolute Gasteiger partial charge is 0.0412 e. The maximum absolute atomic E-state index is 4.42. The largest absolute Gasteiger partial charge is 0.261 e. The van der Waals surface area contributed by atoms with Crippen molar-refractivity contribution in [3.63, 3.8) is 0 Å². The van der Waals surface area contributed by atoms with Crippen LogP contribution in [0.2, 0.25) is 0 Å². The topological polar surface area (TPSA) is 12.9 Å². The van der Waals surface area contributed by atoms with E-state index in [0.717, 1.165) is 18.6 Å². The molecule has 0 amide bonds. The molecule has 0 saturated heterocycles. The van der Waals surface area contributed by atoms with Gasteiger partial charge < -0.3 is 0 Å². The van der Waals surface area contributed by atoms with E-state index in [2.05, 4.69) is 42.6 Å². The zero-order valence-electron chi connectivity index (χ0n) is 8.73. The molecule has 1 heterocycles. The van der Waals surface area contributed by atoms with Crippen molar-refractivity contribution in [3.05, 3.63) is 29.6 Å². The first-order valence-corrected chi connectivity index (χ1v) is 6.96. The third-order valence-corrected chi connectivity index (χ3v) is 2.91. The number of nitrogens with zero attached hydrogens (tertiary/aromatic N) is 1. The lowest BCUT2D eigenvalue weighted by molar-refractivity contribution is 0.645. The monoisotopic (exact) mass is 227 g/mol. The highest BCUT2D eigenvalue weighted by Crippen LogP contribution is 2.10. The van der Waals surface area contributed by atoms with Gasteiger partial charge in [0.15, 0.2) is 0 Å². The molecule has 1 rings (SSSR count). The maximum atomic E-state index is 4.42. The highest BCUT2D eigenvalue weighted by molar-refractivity contribution is 8.68. The summed E-state index contributed by atoms with van der Waals surface area (Å²) in [7, 11) is 1.57. The SMILES string of the molecule is CC(C)Cc1ccc(CCSS)nc1. The van der Waals surface area contributed by atoms with Crippen LogP contribution in [0.25, 0.3) is 0 Å². The number of pyridine rings is 1. The fourth-order valence-electron chi connectivity index (χ4n) is 1.35. The van der Waals surface area contributed by atoms with Crippen LogP contribution in [0, 0.1) is 5.92 Å². The molecular weight excluding hydrogens is 210 g/mol. The molecule has 0 aliphatic heterocycles. The van der Waals surface area contributed by atoms with Crippen molar-refractivity contribution < 1.29 is 0 Å². The normalized spacial score (nSPS) is 10.9. The van der Waals surface area contributed by atoms with Crippen molar-refractivity contribution in [2.45, 2.75) is 26.7 Å². The molecule has 78 valence electrons. The van der Waals surface area contributed by atoms with Crippen LogP contribution in [0.15, 0.2) is 18.3 Å². The van der Waals surface area contributed by atoms with E-state index in [9.17, 15) is 0 Å². The summed E-state index contributed by atoms with van der Waals surface area (Å²) in [6.45, 7) is 4.46. The van der Waals surface area contributed by atoms with Crippen molar-refractivity contribution >= 4 is 22.5 Å². The Morgan fingerprint density at radius 1 is 1.43 bits per heavy atom. The van der Waals surface area contributed by atoms with Crippen LogP contribution in [0.1, 0.15) is 25.1 Å². The minimum Gasteiger partial charge on any atom is -0.261 e. The Balaban J connectivity index is 2.50. The van der Waals surface area contributed by atoms with Gasteiger partial charge in [-0.15, -0.1) is 11.7 Å². The van der Waals surface area contributed by atoms with Gasteiger partial charge in [-0.25, -0.2) is 0 Å². The van der Waals surface area contributed by atoms with Crippen LogP contribution in [0.5, 0.6) is 0 Å². The highest BCUT2D eigenvalue weighted by atomic mass is 33.1. The van der Waals surface area contributed by atoms with Crippen molar-refractivity contribution in [2.24, 2.45) is 5.92 Å². The van der Waals surface area contributed by atoms with E-state index in [1.807, 2.05) is 6.20 Å². The lowest BCUT2D eigenvalue weighted by atomic mass is 10.0. The number of thiol groups is 1. The van der Waals surface area contributed by atoms with Gasteiger partial charge in [0, 0.05) is 17.6 Å². The molecule has 0 radical (unpaired) electrons. The fourth-order valence-corrected chi connectivity index (χ4v) is 1.92. The summed E-state index contributed by atoms with van der Waals surface area (Å²) in [5.41, 5.74) is 2.50. The number of aromatic nitrogens is 1. The van der Waals surface area contributed by atoms with E-state index in [1.54, 1.807) is 10.8 Å². The van der Waals surface area contributed by atoms with Gasteiger partial charge >= 0.3 is 0 Å². The van der Waals surface area contributed by atoms with Crippen molar-refractivity contribution in [1.82, 2.24) is 4.98 Å². The summed E-state index contributed by atoms with van der Waals surface area (Å²) < 4.78 is 0. The number of rotatable bonds is 5. The third kappa shape index (κ3) is 4.38. The second-order valence-electron chi connectivity index (χ2n) is 3.84. The van der Waals surface area contributed by atoms with Gasteiger partial charge in [-0.05, 0) is 30.4 Å². The first kappa shape index (κ1) is 11.9. The Morgan fingerprint density at radius 2 is 2.21 bits per heavy atom. The molecular formula is C11H17NS2. The van der Waals surface area contributed by atoms with Gasteiger partial charge in [0.2, 0.25) is 0 Å².